The molecule has 0 radical (unpaired) electrons. The SMILES string of the molecule is Fc1cc(Cl)ccc1OCc1ncccc1OCc1ccccc1. The average Bonchev–Trinajstić information content (AvgIpc) is 2.61. The molecule has 24 heavy (non-hydrogen) atoms. The molecule has 3 nitrogen and oxygen atoms in total. The first-order valence-corrected chi connectivity index (χ1v) is 7.78. The van der Waals surface area contributed by atoms with Crippen LogP contribution in [0.1, 0.15) is 11.3 Å². The first kappa shape index (κ1) is 16.3. The maximum atomic E-state index is 13.8. The van der Waals surface area contributed by atoms with Gasteiger partial charge >= 0.3 is 0 Å². The third-order valence-corrected chi connectivity index (χ3v) is 3.58. The summed E-state index contributed by atoms with van der Waals surface area (Å²) in [6.07, 6.45) is 1.65. The lowest BCUT2D eigenvalue weighted by atomic mass is 10.2. The van der Waals surface area contributed by atoms with Crippen molar-refractivity contribution in [3.63, 3.8) is 0 Å². The monoisotopic (exact) mass is 343 g/mol. The third kappa shape index (κ3) is 4.24. The van der Waals surface area contributed by atoms with E-state index in [1.807, 2.05) is 36.4 Å². The minimum atomic E-state index is -0.509. The van der Waals surface area contributed by atoms with Crippen molar-refractivity contribution >= 4 is 11.6 Å². The largest absolute Gasteiger partial charge is 0.487 e. The second-order valence-corrected chi connectivity index (χ2v) is 5.52. The standard InChI is InChI=1S/C19H15ClFNO2/c20-15-8-9-18(16(21)11-15)24-13-17-19(7-4-10-22-17)23-12-14-5-2-1-3-6-14/h1-11H,12-13H2. The molecule has 1 heterocycles. The topological polar surface area (TPSA) is 31.4 Å². The van der Waals surface area contributed by atoms with Gasteiger partial charge in [-0.1, -0.05) is 41.9 Å². The van der Waals surface area contributed by atoms with Crippen LogP contribution in [0.25, 0.3) is 0 Å². The lowest BCUT2D eigenvalue weighted by Crippen LogP contribution is -2.04. The molecule has 0 saturated carbocycles. The normalized spacial score (nSPS) is 10.4. The van der Waals surface area contributed by atoms with Crippen LogP contribution >= 0.6 is 11.6 Å². The second-order valence-electron chi connectivity index (χ2n) is 5.09. The van der Waals surface area contributed by atoms with Gasteiger partial charge in [-0.05, 0) is 35.9 Å². The van der Waals surface area contributed by atoms with Gasteiger partial charge in [-0.25, -0.2) is 4.39 Å². The maximum Gasteiger partial charge on any atom is 0.166 e. The van der Waals surface area contributed by atoms with E-state index in [1.165, 1.54) is 12.1 Å². The highest BCUT2D eigenvalue weighted by Gasteiger charge is 2.09. The van der Waals surface area contributed by atoms with Crippen LogP contribution in [0.5, 0.6) is 11.5 Å². The number of benzene rings is 2. The number of nitrogens with zero attached hydrogens (tertiary/aromatic N) is 1. The summed E-state index contributed by atoms with van der Waals surface area (Å²) in [5.41, 5.74) is 1.65. The highest BCUT2D eigenvalue weighted by Crippen LogP contribution is 2.24. The summed E-state index contributed by atoms with van der Waals surface area (Å²) in [5, 5.41) is 0.324. The van der Waals surface area contributed by atoms with Gasteiger partial charge in [-0.2, -0.15) is 0 Å². The molecule has 0 unspecified atom stereocenters. The minimum Gasteiger partial charge on any atom is -0.487 e. The molecule has 3 rings (SSSR count). The van der Waals surface area contributed by atoms with Gasteiger partial charge in [0, 0.05) is 11.2 Å². The summed E-state index contributed by atoms with van der Waals surface area (Å²) in [4.78, 5) is 4.25. The van der Waals surface area contributed by atoms with E-state index >= 15 is 0 Å². The van der Waals surface area contributed by atoms with E-state index in [0.717, 1.165) is 5.56 Å². The molecule has 0 aliphatic carbocycles. The van der Waals surface area contributed by atoms with Crippen molar-refractivity contribution < 1.29 is 13.9 Å². The molecule has 0 N–H and O–H groups in total. The van der Waals surface area contributed by atoms with Crippen LogP contribution in [0.3, 0.4) is 0 Å². The molecule has 122 valence electrons. The van der Waals surface area contributed by atoms with E-state index in [1.54, 1.807) is 18.3 Å². The minimum absolute atomic E-state index is 0.101. The fourth-order valence-corrected chi connectivity index (χ4v) is 2.30. The Balaban J connectivity index is 1.67. The fourth-order valence-electron chi connectivity index (χ4n) is 2.14. The van der Waals surface area contributed by atoms with Gasteiger partial charge in [0.15, 0.2) is 11.6 Å². The van der Waals surface area contributed by atoms with Gasteiger partial charge in [0.1, 0.15) is 24.7 Å². The summed E-state index contributed by atoms with van der Waals surface area (Å²) in [6.45, 7) is 0.526. The average molecular weight is 344 g/mol. The van der Waals surface area contributed by atoms with Gasteiger partial charge in [-0.15, -0.1) is 0 Å². The smallest absolute Gasteiger partial charge is 0.166 e. The molecule has 0 saturated heterocycles. The molecule has 0 aliphatic rings. The zero-order valence-corrected chi connectivity index (χ0v) is 13.5. The molecule has 5 heteroatoms. The van der Waals surface area contributed by atoms with Gasteiger partial charge in [0.25, 0.3) is 0 Å². The Hall–Kier alpha value is -2.59. The van der Waals surface area contributed by atoms with Gasteiger partial charge in [-0.3, -0.25) is 4.98 Å². The van der Waals surface area contributed by atoms with Gasteiger partial charge < -0.3 is 9.47 Å². The number of rotatable bonds is 6. The molecule has 1 aromatic heterocycles. The number of ether oxygens (including phenoxy) is 2. The van der Waals surface area contributed by atoms with Crippen molar-refractivity contribution in [2.45, 2.75) is 13.2 Å². The van der Waals surface area contributed by atoms with Crippen LogP contribution in [0, 0.1) is 5.82 Å². The highest BCUT2D eigenvalue weighted by atomic mass is 35.5. The Morgan fingerprint density at radius 3 is 2.46 bits per heavy atom. The predicted octanol–water partition coefficient (Wildman–Crippen LogP) is 5.03. The third-order valence-electron chi connectivity index (χ3n) is 3.34. The Morgan fingerprint density at radius 1 is 0.875 bits per heavy atom. The van der Waals surface area contributed by atoms with Crippen molar-refractivity contribution in [2.75, 3.05) is 0 Å². The van der Waals surface area contributed by atoms with Crippen LogP contribution in [0.15, 0.2) is 66.9 Å². The first-order chi connectivity index (χ1) is 11.7. The van der Waals surface area contributed by atoms with Crippen molar-refractivity contribution in [1.82, 2.24) is 4.98 Å². The molecule has 3 aromatic rings. The van der Waals surface area contributed by atoms with E-state index in [4.69, 9.17) is 21.1 Å². The molecule has 0 atom stereocenters. The second kappa shape index (κ2) is 7.79. The van der Waals surface area contributed by atoms with Crippen LogP contribution in [-0.4, -0.2) is 4.98 Å². The highest BCUT2D eigenvalue weighted by molar-refractivity contribution is 6.30. The van der Waals surface area contributed by atoms with E-state index in [9.17, 15) is 4.39 Å². The summed E-state index contributed by atoms with van der Waals surface area (Å²) in [6, 6.07) is 17.7. The Kier molecular flexibility index (Phi) is 5.29. The van der Waals surface area contributed by atoms with Crippen molar-refractivity contribution in [3.05, 3.63) is 89.0 Å². The van der Waals surface area contributed by atoms with Crippen molar-refractivity contribution in [1.29, 1.82) is 0 Å². The Bertz CT molecular complexity index is 811. The van der Waals surface area contributed by atoms with E-state index in [0.29, 0.717) is 23.1 Å². The zero-order chi connectivity index (χ0) is 16.8. The first-order valence-electron chi connectivity index (χ1n) is 7.41. The molecular weight excluding hydrogens is 329 g/mol. The maximum absolute atomic E-state index is 13.8. The molecule has 0 fully saturated rings. The number of pyridine rings is 1. The summed E-state index contributed by atoms with van der Waals surface area (Å²) >= 11 is 5.73. The van der Waals surface area contributed by atoms with Crippen LogP contribution < -0.4 is 9.47 Å². The number of halogens is 2. The molecule has 2 aromatic carbocycles. The number of hydrogen-bond acceptors (Lipinski definition) is 3. The van der Waals surface area contributed by atoms with Gasteiger partial charge in [0.05, 0.1) is 0 Å². The Morgan fingerprint density at radius 2 is 1.67 bits per heavy atom. The van der Waals surface area contributed by atoms with Crippen LogP contribution in [0.4, 0.5) is 4.39 Å². The molecule has 0 bridgehead atoms. The molecule has 0 aliphatic heterocycles. The fraction of sp³-hybridized carbons (Fsp3) is 0.105. The van der Waals surface area contributed by atoms with Crippen molar-refractivity contribution in [3.8, 4) is 11.5 Å². The Labute approximate surface area is 144 Å². The predicted molar refractivity (Wildman–Crippen MR) is 90.8 cm³/mol. The lowest BCUT2D eigenvalue weighted by molar-refractivity contribution is 0.261. The van der Waals surface area contributed by atoms with E-state index in [-0.39, 0.29) is 12.4 Å². The van der Waals surface area contributed by atoms with E-state index < -0.39 is 5.82 Å². The van der Waals surface area contributed by atoms with E-state index in [2.05, 4.69) is 4.98 Å². The number of aromatic nitrogens is 1. The number of hydrogen-bond donors (Lipinski definition) is 0. The van der Waals surface area contributed by atoms with Gasteiger partial charge in [0.2, 0.25) is 0 Å². The summed E-state index contributed by atoms with van der Waals surface area (Å²) < 4.78 is 25.1. The molecule has 0 spiro atoms. The lowest BCUT2D eigenvalue weighted by Gasteiger charge is -2.12. The molecular formula is C19H15ClFNO2. The summed E-state index contributed by atoms with van der Waals surface area (Å²) in [5.74, 6) is 0.222. The van der Waals surface area contributed by atoms with Crippen LogP contribution in [-0.2, 0) is 13.2 Å². The van der Waals surface area contributed by atoms with Crippen molar-refractivity contribution in [2.24, 2.45) is 0 Å². The molecule has 0 amide bonds. The quantitative estimate of drug-likeness (QED) is 0.629. The zero-order valence-electron chi connectivity index (χ0n) is 12.8. The summed E-state index contributed by atoms with van der Waals surface area (Å²) in [7, 11) is 0. The van der Waals surface area contributed by atoms with Crippen LogP contribution in [0.2, 0.25) is 5.02 Å².